The van der Waals surface area contributed by atoms with Gasteiger partial charge in [-0.1, -0.05) is 6.07 Å². The summed E-state index contributed by atoms with van der Waals surface area (Å²) in [7, 11) is 4.88. The summed E-state index contributed by atoms with van der Waals surface area (Å²) >= 11 is 1.92. The van der Waals surface area contributed by atoms with Gasteiger partial charge in [-0.05, 0) is 68.1 Å². The highest BCUT2D eigenvalue weighted by Gasteiger charge is 2.56. The predicted molar refractivity (Wildman–Crippen MR) is 108 cm³/mol. The smallest absolute Gasteiger partial charge is 0.311 e. The van der Waals surface area contributed by atoms with Crippen molar-refractivity contribution in [2.75, 3.05) is 28.1 Å². The van der Waals surface area contributed by atoms with Crippen LogP contribution < -0.4 is 4.74 Å². The molecule has 0 spiro atoms. The van der Waals surface area contributed by atoms with Crippen LogP contribution in [0.3, 0.4) is 0 Å². The number of thioether (sulfide) groups is 1. The minimum Gasteiger partial charge on any atom is -0.497 e. The van der Waals surface area contributed by atoms with Gasteiger partial charge in [0.2, 0.25) is 0 Å². The number of methoxy groups -OCH3 is 3. The molecular formula is C22H30O5S. The molecule has 2 saturated carbocycles. The minimum absolute atomic E-state index is 0.0754. The fraction of sp³-hybridized carbons (Fsp3) is 0.682. The Balaban J connectivity index is 1.74. The van der Waals surface area contributed by atoms with Crippen molar-refractivity contribution in [3.8, 4) is 5.75 Å². The molecule has 2 aliphatic carbocycles. The molecule has 0 aromatic heterocycles. The Bertz CT molecular complexity index is 738. The van der Waals surface area contributed by atoms with E-state index in [9.17, 15) is 4.79 Å². The molecule has 1 aromatic carbocycles. The van der Waals surface area contributed by atoms with E-state index in [1.807, 2.05) is 17.8 Å². The molecule has 28 heavy (non-hydrogen) atoms. The Labute approximate surface area is 171 Å². The number of rotatable bonds is 5. The first-order chi connectivity index (χ1) is 13.5. The summed E-state index contributed by atoms with van der Waals surface area (Å²) in [5.74, 6) is 2.16. The molecule has 1 heterocycles. The lowest BCUT2D eigenvalue weighted by molar-refractivity contribution is -0.158. The fourth-order valence-corrected chi connectivity index (χ4v) is 7.51. The molecule has 154 valence electrons. The lowest BCUT2D eigenvalue weighted by Crippen LogP contribution is -2.52. The monoisotopic (exact) mass is 406 g/mol. The van der Waals surface area contributed by atoms with Crippen LogP contribution in [0, 0.1) is 17.3 Å². The van der Waals surface area contributed by atoms with Gasteiger partial charge >= 0.3 is 5.97 Å². The maximum Gasteiger partial charge on any atom is 0.311 e. The Kier molecular flexibility index (Phi) is 5.64. The zero-order valence-corrected chi connectivity index (χ0v) is 17.9. The van der Waals surface area contributed by atoms with Crippen LogP contribution in [-0.4, -0.2) is 45.4 Å². The topological polar surface area (TPSA) is 54.0 Å². The molecule has 0 N–H and O–H groups in total. The molecule has 6 atom stereocenters. The second kappa shape index (κ2) is 7.88. The Morgan fingerprint density at radius 3 is 2.75 bits per heavy atom. The van der Waals surface area contributed by atoms with Gasteiger partial charge in [-0.3, -0.25) is 4.79 Å². The van der Waals surface area contributed by atoms with E-state index in [1.165, 1.54) is 17.6 Å². The number of carbonyl (C=O) groups excluding carboxylic acids is 1. The van der Waals surface area contributed by atoms with Gasteiger partial charge in [-0.25, -0.2) is 0 Å². The van der Waals surface area contributed by atoms with Gasteiger partial charge in [0, 0.05) is 17.3 Å². The summed E-state index contributed by atoms with van der Waals surface area (Å²) in [6, 6.07) is 6.37. The van der Waals surface area contributed by atoms with Gasteiger partial charge in [-0.2, -0.15) is 0 Å². The molecule has 3 aliphatic rings. The number of hydrogen-bond acceptors (Lipinski definition) is 6. The normalized spacial score (nSPS) is 36.2. The molecule has 0 saturated heterocycles. The van der Waals surface area contributed by atoms with Gasteiger partial charge in [0.05, 0.1) is 25.7 Å². The van der Waals surface area contributed by atoms with Crippen LogP contribution in [0.25, 0.3) is 0 Å². The van der Waals surface area contributed by atoms with Gasteiger partial charge in [0.15, 0.2) is 0 Å². The van der Waals surface area contributed by atoms with E-state index in [4.69, 9.17) is 18.9 Å². The maximum atomic E-state index is 12.7. The van der Waals surface area contributed by atoms with Crippen LogP contribution in [0.15, 0.2) is 23.1 Å². The van der Waals surface area contributed by atoms with Gasteiger partial charge in [-0.15, -0.1) is 11.8 Å². The van der Waals surface area contributed by atoms with Crippen molar-refractivity contribution < 1.29 is 23.7 Å². The van der Waals surface area contributed by atoms with Crippen molar-refractivity contribution in [3.05, 3.63) is 23.8 Å². The molecule has 0 amide bonds. The number of ether oxygens (including phenoxy) is 4. The molecule has 0 bridgehead atoms. The standard InChI is InChI=1S/C22H30O5S/c1-22(21(23)26-4)10-13-5-8-17(27-12-24-2)20-19(13)16(11-22)15-7-6-14(25-3)9-18(15)28-20/h6-7,9,13,16-17,19-20H,5,8,10-12H2,1-4H3/t13-,16+,17-,19?,20+,22+/m0/s1. The molecule has 6 heteroatoms. The Morgan fingerprint density at radius 2 is 2.04 bits per heavy atom. The molecule has 1 unspecified atom stereocenters. The third kappa shape index (κ3) is 3.33. The average molecular weight is 407 g/mol. The maximum absolute atomic E-state index is 12.7. The van der Waals surface area contributed by atoms with Crippen molar-refractivity contribution in [3.63, 3.8) is 0 Å². The van der Waals surface area contributed by atoms with Gasteiger partial charge < -0.3 is 18.9 Å². The summed E-state index contributed by atoms with van der Waals surface area (Å²) in [6.07, 6.45) is 4.00. The third-order valence-corrected chi connectivity index (χ3v) is 8.42. The van der Waals surface area contributed by atoms with E-state index >= 15 is 0 Å². The third-order valence-electron chi connectivity index (χ3n) is 6.92. The largest absolute Gasteiger partial charge is 0.497 e. The van der Waals surface area contributed by atoms with E-state index in [-0.39, 0.29) is 12.1 Å². The highest BCUT2D eigenvalue weighted by Crippen LogP contribution is 2.62. The van der Waals surface area contributed by atoms with Crippen LogP contribution in [0.5, 0.6) is 5.75 Å². The summed E-state index contributed by atoms with van der Waals surface area (Å²) in [5, 5.41) is 0.376. The number of esters is 1. The van der Waals surface area contributed by atoms with Gasteiger partial charge in [0.1, 0.15) is 12.5 Å². The van der Waals surface area contributed by atoms with Crippen molar-refractivity contribution >= 4 is 17.7 Å². The molecule has 4 rings (SSSR count). The first-order valence-electron chi connectivity index (χ1n) is 10.0. The Hall–Kier alpha value is -1.24. The first kappa shape index (κ1) is 20.0. The van der Waals surface area contributed by atoms with Crippen molar-refractivity contribution in [1.82, 2.24) is 0 Å². The van der Waals surface area contributed by atoms with Crippen LogP contribution in [-0.2, 0) is 19.0 Å². The second-order valence-corrected chi connectivity index (χ2v) is 9.80. The van der Waals surface area contributed by atoms with Crippen LogP contribution in [0.4, 0.5) is 0 Å². The number of carbonyl (C=O) groups is 1. The molecule has 1 aromatic rings. The van der Waals surface area contributed by atoms with Crippen molar-refractivity contribution in [1.29, 1.82) is 0 Å². The zero-order chi connectivity index (χ0) is 19.9. The van der Waals surface area contributed by atoms with E-state index in [2.05, 4.69) is 19.1 Å². The lowest BCUT2D eigenvalue weighted by atomic mass is 9.55. The summed E-state index contributed by atoms with van der Waals surface area (Å²) in [4.78, 5) is 13.9. The van der Waals surface area contributed by atoms with Crippen LogP contribution >= 0.6 is 11.8 Å². The molecule has 5 nitrogen and oxygen atoms in total. The summed E-state index contributed by atoms with van der Waals surface area (Å²) in [5.41, 5.74) is 0.921. The lowest BCUT2D eigenvalue weighted by Gasteiger charge is -2.55. The number of hydrogen-bond donors (Lipinski definition) is 0. The average Bonchev–Trinajstić information content (AvgIpc) is 2.71. The minimum atomic E-state index is -0.426. The van der Waals surface area contributed by atoms with E-state index < -0.39 is 5.41 Å². The molecule has 0 radical (unpaired) electrons. The van der Waals surface area contributed by atoms with Crippen LogP contribution in [0.1, 0.15) is 44.1 Å². The molecular weight excluding hydrogens is 376 g/mol. The fourth-order valence-electron chi connectivity index (χ4n) is 5.75. The summed E-state index contributed by atoms with van der Waals surface area (Å²) < 4.78 is 22.0. The SMILES string of the molecule is COCO[C@H]1CC[C@H]2C[C@@](C)(C(=O)OC)C[C@@H]3c4ccc(OC)cc4S[C@H]1C23. The Morgan fingerprint density at radius 1 is 1.21 bits per heavy atom. The first-order valence-corrected chi connectivity index (χ1v) is 10.9. The highest BCUT2D eigenvalue weighted by molar-refractivity contribution is 8.00. The second-order valence-electron chi connectivity index (χ2n) is 8.58. The highest BCUT2D eigenvalue weighted by atomic mass is 32.2. The summed E-state index contributed by atoms with van der Waals surface area (Å²) in [6.45, 7) is 2.41. The van der Waals surface area contributed by atoms with E-state index in [0.717, 1.165) is 31.4 Å². The number of benzene rings is 1. The van der Waals surface area contributed by atoms with Gasteiger partial charge in [0.25, 0.3) is 0 Å². The number of fused-ring (bicyclic) bond motifs is 2. The zero-order valence-electron chi connectivity index (χ0n) is 17.1. The molecule has 1 aliphatic heterocycles. The van der Waals surface area contributed by atoms with Crippen molar-refractivity contribution in [2.45, 2.75) is 54.8 Å². The van der Waals surface area contributed by atoms with Crippen LogP contribution in [0.2, 0.25) is 0 Å². The van der Waals surface area contributed by atoms with Crippen molar-refractivity contribution in [2.24, 2.45) is 17.3 Å². The molecule has 2 fully saturated rings. The van der Waals surface area contributed by atoms with E-state index in [0.29, 0.717) is 29.8 Å². The van der Waals surface area contributed by atoms with E-state index in [1.54, 1.807) is 14.2 Å². The quantitative estimate of drug-likeness (QED) is 0.538. The predicted octanol–water partition coefficient (Wildman–Crippen LogP) is 4.24.